The van der Waals surface area contributed by atoms with Crippen LogP contribution in [0.4, 0.5) is 4.39 Å². The smallest absolute Gasteiger partial charge is 0.231 e. The summed E-state index contributed by atoms with van der Waals surface area (Å²) in [6.07, 6.45) is 0.807. The Labute approximate surface area is 152 Å². The number of hydrogen-bond donors (Lipinski definition) is 0. The summed E-state index contributed by atoms with van der Waals surface area (Å²) in [4.78, 5) is 14.3. The first-order valence-electron chi connectivity index (χ1n) is 8.59. The van der Waals surface area contributed by atoms with Crippen LogP contribution in [-0.2, 0) is 17.8 Å². The number of carbonyl (C=O) groups excluding carboxylic acids is 1. The van der Waals surface area contributed by atoms with Crippen LogP contribution in [0, 0.1) is 5.82 Å². The summed E-state index contributed by atoms with van der Waals surface area (Å²) in [5, 5.41) is 0. The van der Waals surface area contributed by atoms with Gasteiger partial charge in [0.15, 0.2) is 23.1 Å². The van der Waals surface area contributed by atoms with Gasteiger partial charge in [0.1, 0.15) is 0 Å². The molecule has 1 amide bonds. The summed E-state index contributed by atoms with van der Waals surface area (Å²) in [5.74, 6) is 1.26. The van der Waals surface area contributed by atoms with Crippen molar-refractivity contribution in [3.8, 4) is 17.2 Å². The van der Waals surface area contributed by atoms with E-state index in [0.717, 1.165) is 16.9 Å². The van der Waals surface area contributed by atoms with Crippen LogP contribution >= 0.6 is 0 Å². The minimum atomic E-state index is -0.412. The molecule has 1 heterocycles. The number of nitrogens with zero attached hydrogens (tertiary/aromatic N) is 1. The SMILES string of the molecule is CCN(Cc1ccc2c(c1)OCO2)C(=O)CCc1ccc(OC)c(F)c1. The zero-order valence-corrected chi connectivity index (χ0v) is 15.0. The van der Waals surface area contributed by atoms with Crippen molar-refractivity contribution < 1.29 is 23.4 Å². The monoisotopic (exact) mass is 359 g/mol. The molecule has 0 fully saturated rings. The van der Waals surface area contributed by atoms with Gasteiger partial charge in [-0.1, -0.05) is 12.1 Å². The maximum Gasteiger partial charge on any atom is 0.231 e. The molecule has 0 atom stereocenters. The lowest BCUT2D eigenvalue weighted by atomic mass is 10.1. The fraction of sp³-hybridized carbons (Fsp3) is 0.350. The Morgan fingerprint density at radius 1 is 1.15 bits per heavy atom. The van der Waals surface area contributed by atoms with Crippen molar-refractivity contribution in [3.05, 3.63) is 53.3 Å². The Morgan fingerprint density at radius 3 is 2.65 bits per heavy atom. The second-order valence-corrected chi connectivity index (χ2v) is 6.06. The summed E-state index contributed by atoms with van der Waals surface area (Å²) < 4.78 is 29.3. The zero-order valence-electron chi connectivity index (χ0n) is 15.0. The number of ether oxygens (including phenoxy) is 3. The van der Waals surface area contributed by atoms with E-state index in [1.54, 1.807) is 17.0 Å². The number of amides is 1. The predicted molar refractivity (Wildman–Crippen MR) is 94.9 cm³/mol. The molecule has 0 spiro atoms. The topological polar surface area (TPSA) is 48.0 Å². The van der Waals surface area contributed by atoms with Gasteiger partial charge in [0.25, 0.3) is 0 Å². The quantitative estimate of drug-likeness (QED) is 0.759. The van der Waals surface area contributed by atoms with E-state index in [2.05, 4.69) is 0 Å². The Balaban J connectivity index is 1.59. The summed E-state index contributed by atoms with van der Waals surface area (Å²) in [6.45, 7) is 3.28. The van der Waals surface area contributed by atoms with E-state index in [-0.39, 0.29) is 18.4 Å². The molecule has 6 heteroatoms. The van der Waals surface area contributed by atoms with Gasteiger partial charge in [-0.15, -0.1) is 0 Å². The lowest BCUT2D eigenvalue weighted by molar-refractivity contribution is -0.131. The summed E-state index contributed by atoms with van der Waals surface area (Å²) in [6, 6.07) is 10.5. The van der Waals surface area contributed by atoms with E-state index in [1.165, 1.54) is 13.2 Å². The fourth-order valence-electron chi connectivity index (χ4n) is 2.91. The van der Waals surface area contributed by atoms with Crippen molar-refractivity contribution in [2.24, 2.45) is 0 Å². The molecule has 26 heavy (non-hydrogen) atoms. The highest BCUT2D eigenvalue weighted by atomic mass is 19.1. The molecule has 2 aromatic rings. The Hall–Kier alpha value is -2.76. The second kappa shape index (κ2) is 8.08. The predicted octanol–water partition coefficient (Wildman–Crippen LogP) is 3.54. The third kappa shape index (κ3) is 4.07. The van der Waals surface area contributed by atoms with Gasteiger partial charge < -0.3 is 19.1 Å². The summed E-state index contributed by atoms with van der Waals surface area (Å²) in [7, 11) is 1.43. The molecule has 0 saturated carbocycles. The molecule has 1 aliphatic rings. The van der Waals surface area contributed by atoms with Gasteiger partial charge in [-0.2, -0.15) is 0 Å². The highest BCUT2D eigenvalue weighted by molar-refractivity contribution is 5.76. The summed E-state index contributed by atoms with van der Waals surface area (Å²) >= 11 is 0. The number of halogens is 1. The van der Waals surface area contributed by atoms with Crippen molar-refractivity contribution in [1.29, 1.82) is 0 Å². The zero-order chi connectivity index (χ0) is 18.5. The van der Waals surface area contributed by atoms with Gasteiger partial charge in [-0.05, 0) is 48.7 Å². The number of rotatable bonds is 7. The Bertz CT molecular complexity index is 793. The molecule has 1 aliphatic heterocycles. The molecule has 0 unspecified atom stereocenters. The molecular formula is C20H22FNO4. The van der Waals surface area contributed by atoms with E-state index in [9.17, 15) is 9.18 Å². The van der Waals surface area contributed by atoms with Gasteiger partial charge >= 0.3 is 0 Å². The average molecular weight is 359 g/mol. The van der Waals surface area contributed by atoms with Gasteiger partial charge in [0.2, 0.25) is 12.7 Å². The highest BCUT2D eigenvalue weighted by Gasteiger charge is 2.17. The standard InChI is InChI=1S/C20H22FNO4/c1-3-22(12-15-5-8-18-19(11-15)26-13-25-18)20(23)9-6-14-4-7-17(24-2)16(21)10-14/h4-5,7-8,10-11H,3,6,9,12-13H2,1-2H3. The molecule has 2 aromatic carbocycles. The third-order valence-electron chi connectivity index (χ3n) is 4.39. The minimum Gasteiger partial charge on any atom is -0.494 e. The van der Waals surface area contributed by atoms with Crippen LogP contribution in [0.1, 0.15) is 24.5 Å². The van der Waals surface area contributed by atoms with E-state index in [0.29, 0.717) is 31.7 Å². The van der Waals surface area contributed by atoms with Gasteiger partial charge in [0, 0.05) is 19.5 Å². The van der Waals surface area contributed by atoms with Crippen molar-refractivity contribution >= 4 is 5.91 Å². The van der Waals surface area contributed by atoms with Crippen LogP contribution in [-0.4, -0.2) is 31.3 Å². The lowest BCUT2D eigenvalue weighted by Crippen LogP contribution is -2.30. The molecule has 3 rings (SSSR count). The molecule has 0 aliphatic carbocycles. The first-order valence-corrected chi connectivity index (χ1v) is 8.59. The minimum absolute atomic E-state index is 0.0291. The van der Waals surface area contributed by atoms with E-state index < -0.39 is 5.82 Å². The van der Waals surface area contributed by atoms with Crippen LogP contribution < -0.4 is 14.2 Å². The van der Waals surface area contributed by atoms with Crippen LogP contribution in [0.5, 0.6) is 17.2 Å². The number of fused-ring (bicyclic) bond motifs is 1. The molecule has 0 bridgehead atoms. The van der Waals surface area contributed by atoms with E-state index in [4.69, 9.17) is 14.2 Å². The van der Waals surface area contributed by atoms with Crippen molar-refractivity contribution in [2.45, 2.75) is 26.3 Å². The Kier molecular flexibility index (Phi) is 5.61. The van der Waals surface area contributed by atoms with E-state index in [1.807, 2.05) is 25.1 Å². The molecule has 0 aromatic heterocycles. The van der Waals surface area contributed by atoms with Crippen LogP contribution in [0.3, 0.4) is 0 Å². The van der Waals surface area contributed by atoms with Crippen LogP contribution in [0.15, 0.2) is 36.4 Å². The fourth-order valence-corrected chi connectivity index (χ4v) is 2.91. The molecular weight excluding hydrogens is 337 g/mol. The normalized spacial score (nSPS) is 12.1. The number of benzene rings is 2. The van der Waals surface area contributed by atoms with E-state index >= 15 is 0 Å². The van der Waals surface area contributed by atoms with Crippen LogP contribution in [0.2, 0.25) is 0 Å². The second-order valence-electron chi connectivity index (χ2n) is 6.06. The maximum absolute atomic E-state index is 13.8. The molecule has 5 nitrogen and oxygen atoms in total. The highest BCUT2D eigenvalue weighted by Crippen LogP contribution is 2.32. The number of hydrogen-bond acceptors (Lipinski definition) is 4. The molecule has 0 saturated heterocycles. The van der Waals surface area contributed by atoms with Crippen molar-refractivity contribution in [3.63, 3.8) is 0 Å². The van der Waals surface area contributed by atoms with Crippen molar-refractivity contribution in [1.82, 2.24) is 4.90 Å². The number of aryl methyl sites for hydroxylation is 1. The van der Waals surface area contributed by atoms with Gasteiger partial charge in [-0.3, -0.25) is 4.79 Å². The van der Waals surface area contributed by atoms with Crippen LogP contribution in [0.25, 0.3) is 0 Å². The van der Waals surface area contributed by atoms with Crippen molar-refractivity contribution in [2.75, 3.05) is 20.4 Å². The maximum atomic E-state index is 13.8. The third-order valence-corrected chi connectivity index (χ3v) is 4.39. The first kappa shape index (κ1) is 18.0. The average Bonchev–Trinajstić information content (AvgIpc) is 3.12. The van der Waals surface area contributed by atoms with Gasteiger partial charge in [-0.25, -0.2) is 4.39 Å². The number of carbonyl (C=O) groups is 1. The number of methoxy groups -OCH3 is 1. The summed E-state index contributed by atoms with van der Waals surface area (Å²) in [5.41, 5.74) is 1.76. The van der Waals surface area contributed by atoms with Gasteiger partial charge in [0.05, 0.1) is 7.11 Å². The Morgan fingerprint density at radius 2 is 1.92 bits per heavy atom. The molecule has 0 radical (unpaired) electrons. The first-order chi connectivity index (χ1) is 12.6. The largest absolute Gasteiger partial charge is 0.494 e. The molecule has 138 valence electrons. The lowest BCUT2D eigenvalue weighted by Gasteiger charge is -2.21. The molecule has 0 N–H and O–H groups in total.